The summed E-state index contributed by atoms with van der Waals surface area (Å²) in [5.74, 6) is 0.675. The maximum Gasteiger partial charge on any atom is 0.412 e. The minimum absolute atomic E-state index is 0.0237. The van der Waals surface area contributed by atoms with Crippen LogP contribution in [0.3, 0.4) is 0 Å². The van der Waals surface area contributed by atoms with E-state index in [1.54, 1.807) is 68.0 Å². The molecule has 0 fully saturated rings. The molecule has 0 saturated heterocycles. The first-order valence-corrected chi connectivity index (χ1v) is 10.6. The summed E-state index contributed by atoms with van der Waals surface area (Å²) in [7, 11) is 1.49. The molecule has 2 heterocycles. The SMILES string of the molecule is COc1cc(-c2nn(-c3ccc([N+](=O)[O-])cc3)c3ccnc(N)c23)ccc1NC(=O)OC(C)(C)C. The van der Waals surface area contributed by atoms with Gasteiger partial charge in [0.05, 0.1) is 34.3 Å². The Morgan fingerprint density at radius 2 is 1.86 bits per heavy atom. The molecule has 0 aliphatic heterocycles. The highest BCUT2D eigenvalue weighted by molar-refractivity contribution is 6.01. The van der Waals surface area contributed by atoms with E-state index in [2.05, 4.69) is 10.3 Å². The number of fused-ring (bicyclic) bond motifs is 1. The van der Waals surface area contributed by atoms with Crippen molar-refractivity contribution < 1.29 is 19.2 Å². The predicted octanol–water partition coefficient (Wildman–Crippen LogP) is 4.93. The number of hydrogen-bond acceptors (Lipinski definition) is 8. The Bertz CT molecular complexity index is 1420. The Morgan fingerprint density at radius 1 is 1.14 bits per heavy atom. The molecule has 3 N–H and O–H groups in total. The monoisotopic (exact) mass is 476 g/mol. The average Bonchev–Trinajstić information content (AvgIpc) is 3.19. The number of pyridine rings is 1. The maximum absolute atomic E-state index is 12.2. The number of non-ortho nitro benzene ring substituents is 1. The van der Waals surface area contributed by atoms with Gasteiger partial charge < -0.3 is 15.2 Å². The van der Waals surface area contributed by atoms with Crippen molar-refractivity contribution in [2.24, 2.45) is 0 Å². The van der Waals surface area contributed by atoms with Crippen LogP contribution in [0.5, 0.6) is 5.75 Å². The van der Waals surface area contributed by atoms with Crippen LogP contribution < -0.4 is 15.8 Å². The van der Waals surface area contributed by atoms with E-state index in [4.69, 9.17) is 20.3 Å². The van der Waals surface area contributed by atoms with Gasteiger partial charge in [-0.25, -0.2) is 14.5 Å². The Labute approximate surface area is 200 Å². The number of anilines is 2. The van der Waals surface area contributed by atoms with E-state index in [0.29, 0.717) is 39.3 Å². The lowest BCUT2D eigenvalue weighted by molar-refractivity contribution is -0.384. The van der Waals surface area contributed by atoms with Gasteiger partial charge >= 0.3 is 6.09 Å². The average molecular weight is 476 g/mol. The Morgan fingerprint density at radius 3 is 2.49 bits per heavy atom. The zero-order valence-corrected chi connectivity index (χ0v) is 19.6. The molecule has 1 amide bonds. The van der Waals surface area contributed by atoms with E-state index in [-0.39, 0.29) is 11.5 Å². The van der Waals surface area contributed by atoms with Crippen LogP contribution >= 0.6 is 0 Å². The summed E-state index contributed by atoms with van der Waals surface area (Å²) in [6, 6.07) is 13.0. The van der Waals surface area contributed by atoms with Crippen molar-refractivity contribution in [1.82, 2.24) is 14.8 Å². The summed E-state index contributed by atoms with van der Waals surface area (Å²) in [4.78, 5) is 27.0. The summed E-state index contributed by atoms with van der Waals surface area (Å²) >= 11 is 0. The van der Waals surface area contributed by atoms with Crippen molar-refractivity contribution >= 4 is 34.2 Å². The molecule has 0 saturated carbocycles. The molecule has 0 spiro atoms. The highest BCUT2D eigenvalue weighted by Gasteiger charge is 2.21. The molecule has 35 heavy (non-hydrogen) atoms. The molecule has 2 aromatic carbocycles. The highest BCUT2D eigenvalue weighted by atomic mass is 16.6. The number of rotatable bonds is 5. The molecule has 0 radical (unpaired) electrons. The second kappa shape index (κ2) is 8.93. The number of aromatic nitrogens is 3. The molecule has 2 aromatic heterocycles. The second-order valence-electron chi connectivity index (χ2n) is 8.67. The van der Waals surface area contributed by atoms with Crippen LogP contribution in [0.1, 0.15) is 20.8 Å². The van der Waals surface area contributed by atoms with Gasteiger partial charge in [-0.05, 0) is 51.1 Å². The summed E-state index contributed by atoms with van der Waals surface area (Å²) in [5.41, 5.74) is 8.47. The van der Waals surface area contributed by atoms with Gasteiger partial charge in [0.1, 0.15) is 22.9 Å². The number of ether oxygens (including phenoxy) is 2. The van der Waals surface area contributed by atoms with Crippen molar-refractivity contribution in [1.29, 1.82) is 0 Å². The van der Waals surface area contributed by atoms with Crippen LogP contribution in [0, 0.1) is 10.1 Å². The van der Waals surface area contributed by atoms with Gasteiger partial charge in [-0.15, -0.1) is 0 Å². The van der Waals surface area contributed by atoms with Crippen molar-refractivity contribution in [2.75, 3.05) is 18.2 Å². The fourth-order valence-corrected chi connectivity index (χ4v) is 3.56. The molecule has 11 heteroatoms. The van der Waals surface area contributed by atoms with Gasteiger partial charge in [-0.1, -0.05) is 6.07 Å². The largest absolute Gasteiger partial charge is 0.495 e. The minimum Gasteiger partial charge on any atom is -0.495 e. The first-order chi connectivity index (χ1) is 16.6. The first-order valence-electron chi connectivity index (χ1n) is 10.6. The van der Waals surface area contributed by atoms with Crippen molar-refractivity contribution in [3.8, 4) is 22.7 Å². The van der Waals surface area contributed by atoms with Crippen molar-refractivity contribution in [3.63, 3.8) is 0 Å². The predicted molar refractivity (Wildman–Crippen MR) is 132 cm³/mol. The molecular weight excluding hydrogens is 452 g/mol. The van der Waals surface area contributed by atoms with Crippen LogP contribution in [0.25, 0.3) is 27.8 Å². The number of methoxy groups -OCH3 is 1. The normalized spacial score (nSPS) is 11.3. The van der Waals surface area contributed by atoms with Crippen molar-refractivity contribution in [2.45, 2.75) is 26.4 Å². The van der Waals surface area contributed by atoms with E-state index in [9.17, 15) is 14.9 Å². The number of nitrogens with two attached hydrogens (primary N) is 1. The molecule has 0 atom stereocenters. The number of nitrogens with one attached hydrogen (secondary N) is 1. The van der Waals surface area contributed by atoms with Gasteiger partial charge in [-0.2, -0.15) is 5.10 Å². The molecule has 0 unspecified atom stereocenters. The lowest BCUT2D eigenvalue weighted by Gasteiger charge is -2.20. The smallest absolute Gasteiger partial charge is 0.412 e. The number of amides is 1. The number of nitro benzene ring substituents is 1. The number of carbonyl (C=O) groups excluding carboxylic acids is 1. The van der Waals surface area contributed by atoms with Crippen LogP contribution in [-0.4, -0.2) is 38.5 Å². The van der Waals surface area contributed by atoms with E-state index >= 15 is 0 Å². The number of carbonyl (C=O) groups is 1. The third-order valence-corrected chi connectivity index (χ3v) is 5.04. The second-order valence-corrected chi connectivity index (χ2v) is 8.67. The molecular formula is C24H24N6O5. The van der Waals surface area contributed by atoms with Gasteiger partial charge in [0.15, 0.2) is 0 Å². The molecule has 180 valence electrons. The number of hydrogen-bond donors (Lipinski definition) is 2. The fraction of sp³-hybridized carbons (Fsp3) is 0.208. The number of benzene rings is 2. The number of nitrogen functional groups attached to an aromatic ring is 1. The van der Waals surface area contributed by atoms with Crippen LogP contribution in [0.2, 0.25) is 0 Å². The van der Waals surface area contributed by atoms with Crippen LogP contribution in [0.4, 0.5) is 22.0 Å². The summed E-state index contributed by atoms with van der Waals surface area (Å²) in [6.45, 7) is 5.33. The summed E-state index contributed by atoms with van der Waals surface area (Å²) in [6.07, 6.45) is 0.962. The lowest BCUT2D eigenvalue weighted by atomic mass is 10.1. The maximum atomic E-state index is 12.2. The van der Waals surface area contributed by atoms with Crippen molar-refractivity contribution in [3.05, 3.63) is 64.8 Å². The molecule has 0 aliphatic carbocycles. The zero-order chi connectivity index (χ0) is 25.3. The lowest BCUT2D eigenvalue weighted by Crippen LogP contribution is -2.27. The van der Waals surface area contributed by atoms with Gasteiger partial charge in [0, 0.05) is 23.9 Å². The Balaban J connectivity index is 1.78. The molecule has 4 aromatic rings. The fourth-order valence-electron chi connectivity index (χ4n) is 3.56. The van der Waals surface area contributed by atoms with Crippen LogP contribution in [-0.2, 0) is 4.74 Å². The first kappa shape index (κ1) is 23.5. The quantitative estimate of drug-likeness (QED) is 0.304. The number of nitrogens with zero attached hydrogens (tertiary/aromatic N) is 4. The van der Waals surface area contributed by atoms with E-state index in [1.165, 1.54) is 19.2 Å². The third kappa shape index (κ3) is 4.83. The summed E-state index contributed by atoms with van der Waals surface area (Å²) < 4.78 is 12.5. The van der Waals surface area contributed by atoms with Crippen LogP contribution in [0.15, 0.2) is 54.7 Å². The van der Waals surface area contributed by atoms with Gasteiger partial charge in [0.2, 0.25) is 0 Å². The standard InChI is InChI=1S/C24H24N6O5/c1-24(2,3)35-23(31)27-17-10-5-14(13-19(17)34-4)21-20-18(11-12-26-22(20)25)29(28-21)15-6-8-16(9-7-15)30(32)33/h5-13H,1-4H3,(H2,25,26)(H,27,31). The Hall–Kier alpha value is -4.67. The van der Waals surface area contributed by atoms with Gasteiger partial charge in [0.25, 0.3) is 5.69 Å². The zero-order valence-electron chi connectivity index (χ0n) is 19.6. The van der Waals surface area contributed by atoms with E-state index in [1.807, 2.05) is 0 Å². The Kier molecular flexibility index (Phi) is 6.00. The van der Waals surface area contributed by atoms with E-state index in [0.717, 1.165) is 0 Å². The number of nitro groups is 1. The summed E-state index contributed by atoms with van der Waals surface area (Å²) in [5, 5.41) is 19.1. The molecule has 0 bridgehead atoms. The third-order valence-electron chi connectivity index (χ3n) is 5.04. The van der Waals surface area contributed by atoms with E-state index < -0.39 is 16.6 Å². The topological polar surface area (TPSA) is 147 Å². The molecule has 11 nitrogen and oxygen atoms in total. The van der Waals surface area contributed by atoms with Gasteiger partial charge in [-0.3, -0.25) is 15.4 Å². The molecule has 4 rings (SSSR count). The highest BCUT2D eigenvalue weighted by Crippen LogP contribution is 2.36. The minimum atomic E-state index is -0.647. The molecule has 0 aliphatic rings.